The maximum Gasteiger partial charge on any atom is 0.253 e. The van der Waals surface area contributed by atoms with Crippen molar-refractivity contribution in [1.82, 2.24) is 10.3 Å². The van der Waals surface area contributed by atoms with E-state index in [1.807, 2.05) is 67.7 Å². The van der Waals surface area contributed by atoms with Crippen LogP contribution in [0.1, 0.15) is 28.9 Å². The van der Waals surface area contributed by atoms with Crippen LogP contribution in [0.25, 0.3) is 10.9 Å². The van der Waals surface area contributed by atoms with Crippen molar-refractivity contribution < 1.29 is 4.79 Å². The third-order valence-electron chi connectivity index (χ3n) is 3.48. The summed E-state index contributed by atoms with van der Waals surface area (Å²) in [6.07, 6.45) is 1.85. The van der Waals surface area contributed by atoms with E-state index in [-0.39, 0.29) is 11.9 Å². The molecule has 1 aromatic heterocycles. The second-order valence-corrected chi connectivity index (χ2v) is 4.85. The summed E-state index contributed by atoms with van der Waals surface area (Å²) >= 11 is 0. The van der Waals surface area contributed by atoms with Crippen molar-refractivity contribution in [3.8, 4) is 0 Å². The fourth-order valence-corrected chi connectivity index (χ4v) is 2.37. The van der Waals surface area contributed by atoms with Gasteiger partial charge >= 0.3 is 0 Å². The number of nitrogens with one attached hydrogen (secondary N) is 2. The average Bonchev–Trinajstić information content (AvgIpc) is 2.96. The molecule has 1 amide bonds. The molecule has 1 atom stereocenters. The molecule has 0 aliphatic carbocycles. The third-order valence-corrected chi connectivity index (χ3v) is 3.48. The molecule has 3 nitrogen and oxygen atoms in total. The SMILES string of the molecule is C[C@@H](NC(=O)c1cccc2cc[nH]c12)c1ccccc1. The number of H-pyrrole nitrogens is 1. The zero-order chi connectivity index (χ0) is 13.9. The number of rotatable bonds is 3. The maximum absolute atomic E-state index is 12.4. The van der Waals surface area contributed by atoms with E-state index in [0.717, 1.165) is 16.5 Å². The van der Waals surface area contributed by atoms with Crippen molar-refractivity contribution in [1.29, 1.82) is 0 Å². The lowest BCUT2D eigenvalue weighted by Crippen LogP contribution is -2.26. The summed E-state index contributed by atoms with van der Waals surface area (Å²) in [6.45, 7) is 1.99. The monoisotopic (exact) mass is 264 g/mol. The molecule has 100 valence electrons. The molecule has 0 fully saturated rings. The van der Waals surface area contributed by atoms with Crippen LogP contribution >= 0.6 is 0 Å². The predicted octanol–water partition coefficient (Wildman–Crippen LogP) is 3.66. The van der Waals surface area contributed by atoms with E-state index < -0.39 is 0 Å². The number of hydrogen-bond acceptors (Lipinski definition) is 1. The van der Waals surface area contributed by atoms with Gasteiger partial charge in [-0.25, -0.2) is 0 Å². The molecular weight excluding hydrogens is 248 g/mol. The van der Waals surface area contributed by atoms with E-state index in [4.69, 9.17) is 0 Å². The van der Waals surface area contributed by atoms with Gasteiger partial charge in [0.2, 0.25) is 0 Å². The van der Waals surface area contributed by atoms with Crippen LogP contribution in [0.4, 0.5) is 0 Å². The number of aromatic nitrogens is 1. The quantitative estimate of drug-likeness (QED) is 0.745. The van der Waals surface area contributed by atoms with Crippen LogP contribution in [0.2, 0.25) is 0 Å². The van der Waals surface area contributed by atoms with Crippen molar-refractivity contribution in [2.24, 2.45) is 0 Å². The Labute approximate surface area is 117 Å². The number of hydrogen-bond donors (Lipinski definition) is 2. The summed E-state index contributed by atoms with van der Waals surface area (Å²) in [5.74, 6) is -0.0607. The molecular formula is C17H16N2O. The van der Waals surface area contributed by atoms with E-state index in [1.165, 1.54) is 0 Å². The highest BCUT2D eigenvalue weighted by Gasteiger charge is 2.14. The molecule has 0 aliphatic rings. The molecule has 0 spiro atoms. The molecule has 0 unspecified atom stereocenters. The van der Waals surface area contributed by atoms with Gasteiger partial charge < -0.3 is 10.3 Å². The molecule has 0 aliphatic heterocycles. The minimum absolute atomic E-state index is 0.0195. The fourth-order valence-electron chi connectivity index (χ4n) is 2.37. The second kappa shape index (κ2) is 5.21. The van der Waals surface area contributed by atoms with E-state index >= 15 is 0 Å². The van der Waals surface area contributed by atoms with Crippen LogP contribution in [-0.4, -0.2) is 10.9 Å². The van der Waals surface area contributed by atoms with Gasteiger partial charge in [0.25, 0.3) is 5.91 Å². The van der Waals surface area contributed by atoms with Gasteiger partial charge in [-0.3, -0.25) is 4.79 Å². The molecule has 1 heterocycles. The number of carbonyl (C=O) groups excluding carboxylic acids is 1. The highest BCUT2D eigenvalue weighted by Crippen LogP contribution is 2.18. The molecule has 0 saturated heterocycles. The Morgan fingerprint density at radius 2 is 1.85 bits per heavy atom. The average molecular weight is 264 g/mol. The van der Waals surface area contributed by atoms with Crippen LogP contribution in [0, 0.1) is 0 Å². The first kappa shape index (κ1) is 12.5. The first-order valence-electron chi connectivity index (χ1n) is 6.67. The van der Waals surface area contributed by atoms with Crippen LogP contribution in [0.15, 0.2) is 60.8 Å². The Balaban J connectivity index is 1.85. The van der Waals surface area contributed by atoms with E-state index in [2.05, 4.69) is 10.3 Å². The molecule has 3 heteroatoms. The van der Waals surface area contributed by atoms with E-state index in [9.17, 15) is 4.79 Å². The van der Waals surface area contributed by atoms with E-state index in [0.29, 0.717) is 5.56 Å². The lowest BCUT2D eigenvalue weighted by molar-refractivity contribution is 0.0941. The highest BCUT2D eigenvalue weighted by atomic mass is 16.1. The van der Waals surface area contributed by atoms with Crippen LogP contribution in [0.5, 0.6) is 0 Å². The molecule has 2 N–H and O–H groups in total. The molecule has 20 heavy (non-hydrogen) atoms. The molecule has 3 rings (SSSR count). The number of aromatic amines is 1. The Hall–Kier alpha value is -2.55. The summed E-state index contributed by atoms with van der Waals surface area (Å²) in [6, 6.07) is 17.6. The fraction of sp³-hybridized carbons (Fsp3) is 0.118. The Morgan fingerprint density at radius 3 is 2.65 bits per heavy atom. The van der Waals surface area contributed by atoms with Crippen molar-refractivity contribution in [3.05, 3.63) is 71.9 Å². The normalized spacial score (nSPS) is 12.2. The molecule has 0 radical (unpaired) electrons. The topological polar surface area (TPSA) is 44.9 Å². The number of carbonyl (C=O) groups is 1. The van der Waals surface area contributed by atoms with Crippen LogP contribution < -0.4 is 5.32 Å². The smallest absolute Gasteiger partial charge is 0.253 e. The van der Waals surface area contributed by atoms with Gasteiger partial charge in [0.15, 0.2) is 0 Å². The molecule has 0 saturated carbocycles. The van der Waals surface area contributed by atoms with Crippen molar-refractivity contribution in [2.45, 2.75) is 13.0 Å². The third kappa shape index (κ3) is 2.30. The summed E-state index contributed by atoms with van der Waals surface area (Å²) in [4.78, 5) is 15.5. The Bertz CT molecular complexity index is 731. The summed E-state index contributed by atoms with van der Waals surface area (Å²) in [5, 5.41) is 4.08. The lowest BCUT2D eigenvalue weighted by Gasteiger charge is -2.14. The maximum atomic E-state index is 12.4. The number of para-hydroxylation sites is 1. The minimum atomic E-state index is -0.0607. The standard InChI is InChI=1S/C17H16N2O/c1-12(13-6-3-2-4-7-13)19-17(20)15-9-5-8-14-10-11-18-16(14)15/h2-12,18H,1H3,(H,19,20)/t12-/m1/s1. The van der Waals surface area contributed by atoms with Crippen molar-refractivity contribution >= 4 is 16.8 Å². The van der Waals surface area contributed by atoms with Crippen molar-refractivity contribution in [3.63, 3.8) is 0 Å². The second-order valence-electron chi connectivity index (χ2n) is 4.85. The van der Waals surface area contributed by atoms with Gasteiger partial charge in [0.05, 0.1) is 17.1 Å². The number of benzene rings is 2. The largest absolute Gasteiger partial charge is 0.361 e. The first-order chi connectivity index (χ1) is 9.75. The van der Waals surface area contributed by atoms with Gasteiger partial charge in [-0.15, -0.1) is 0 Å². The number of amides is 1. The summed E-state index contributed by atoms with van der Waals surface area (Å²) < 4.78 is 0. The first-order valence-corrected chi connectivity index (χ1v) is 6.67. The van der Waals surface area contributed by atoms with E-state index in [1.54, 1.807) is 0 Å². The zero-order valence-electron chi connectivity index (χ0n) is 11.3. The zero-order valence-corrected chi connectivity index (χ0v) is 11.3. The molecule has 2 aromatic carbocycles. The summed E-state index contributed by atoms with van der Waals surface area (Å²) in [5.41, 5.74) is 2.65. The van der Waals surface area contributed by atoms with Gasteiger partial charge in [0.1, 0.15) is 0 Å². The van der Waals surface area contributed by atoms with Crippen molar-refractivity contribution in [2.75, 3.05) is 0 Å². The Morgan fingerprint density at radius 1 is 1.05 bits per heavy atom. The minimum Gasteiger partial charge on any atom is -0.361 e. The lowest BCUT2D eigenvalue weighted by atomic mass is 10.1. The Kier molecular flexibility index (Phi) is 3.25. The van der Waals surface area contributed by atoms with Gasteiger partial charge in [-0.2, -0.15) is 0 Å². The van der Waals surface area contributed by atoms with Gasteiger partial charge in [-0.1, -0.05) is 42.5 Å². The highest BCUT2D eigenvalue weighted by molar-refractivity contribution is 6.05. The van der Waals surface area contributed by atoms with Gasteiger partial charge in [0, 0.05) is 11.6 Å². The van der Waals surface area contributed by atoms with Gasteiger partial charge in [-0.05, 0) is 24.6 Å². The molecule has 3 aromatic rings. The van der Waals surface area contributed by atoms with Crippen LogP contribution in [-0.2, 0) is 0 Å². The summed E-state index contributed by atoms with van der Waals surface area (Å²) in [7, 11) is 0. The van der Waals surface area contributed by atoms with Crippen LogP contribution in [0.3, 0.4) is 0 Å². The molecule has 0 bridgehead atoms. The predicted molar refractivity (Wildman–Crippen MR) is 80.6 cm³/mol. The number of fused-ring (bicyclic) bond motifs is 1.